The second kappa shape index (κ2) is 10.9. The van der Waals surface area contributed by atoms with E-state index in [9.17, 15) is 23.1 Å². The molecule has 1 aliphatic carbocycles. The van der Waals surface area contributed by atoms with Crippen LogP contribution in [0.2, 0.25) is 0 Å². The van der Waals surface area contributed by atoms with E-state index in [2.05, 4.69) is 13.5 Å². The van der Waals surface area contributed by atoms with E-state index in [0.717, 1.165) is 24.6 Å². The predicted octanol–water partition coefficient (Wildman–Crippen LogP) is 5.63. The summed E-state index contributed by atoms with van der Waals surface area (Å²) in [5.74, 6) is -0.835. The van der Waals surface area contributed by atoms with E-state index in [1.54, 1.807) is 36.4 Å². The molecule has 11 heteroatoms. The zero-order valence-corrected chi connectivity index (χ0v) is 23.3. The van der Waals surface area contributed by atoms with Crippen molar-refractivity contribution in [2.75, 3.05) is 4.72 Å². The summed E-state index contributed by atoms with van der Waals surface area (Å²) in [5, 5.41) is 11.3. The molecule has 2 aromatic carbocycles. The van der Waals surface area contributed by atoms with Gasteiger partial charge in [0.25, 0.3) is 10.0 Å². The molecule has 0 saturated heterocycles. The van der Waals surface area contributed by atoms with Crippen molar-refractivity contribution in [3.63, 3.8) is 0 Å². The molecule has 5 rings (SSSR count). The number of aromatic nitrogens is 2. The lowest BCUT2D eigenvalue weighted by Gasteiger charge is -2.23. The zero-order chi connectivity index (χ0) is 27.7. The number of benzene rings is 2. The fourth-order valence-electron chi connectivity index (χ4n) is 5.14. The van der Waals surface area contributed by atoms with Crippen LogP contribution in [0.1, 0.15) is 79.1 Å². The van der Waals surface area contributed by atoms with Crippen LogP contribution in [0.5, 0.6) is 5.75 Å². The summed E-state index contributed by atoms with van der Waals surface area (Å²) in [7, 11) is -4.00. The van der Waals surface area contributed by atoms with Gasteiger partial charge in [0.1, 0.15) is 27.4 Å². The monoisotopic (exact) mass is 567 g/mol. The second-order valence-corrected chi connectivity index (χ2v) is 12.4. The van der Waals surface area contributed by atoms with Gasteiger partial charge >= 0.3 is 5.63 Å². The smallest absolute Gasteiger partial charge is 0.343 e. The summed E-state index contributed by atoms with van der Waals surface area (Å²) in [6.07, 6.45) is 3.49. The van der Waals surface area contributed by atoms with Crippen molar-refractivity contribution >= 4 is 44.3 Å². The molecule has 0 bridgehead atoms. The van der Waals surface area contributed by atoms with E-state index < -0.39 is 21.6 Å². The normalized spacial score (nSPS) is 15.1. The average molecular weight is 568 g/mol. The Hall–Kier alpha value is -3.57. The summed E-state index contributed by atoms with van der Waals surface area (Å²) < 4.78 is 43.1. The zero-order valence-electron chi connectivity index (χ0n) is 21.6. The maximum atomic E-state index is 13.3. The number of sulfonamides is 1. The second-order valence-electron chi connectivity index (χ2n) is 10.2. The van der Waals surface area contributed by atoms with E-state index in [-0.39, 0.29) is 56.9 Å². The molecule has 2 heterocycles. The van der Waals surface area contributed by atoms with Gasteiger partial charge in [-0.15, -0.1) is 0 Å². The first-order valence-electron chi connectivity index (χ1n) is 12.9. The molecule has 0 spiro atoms. The topological polar surface area (TPSA) is 139 Å². The maximum absolute atomic E-state index is 13.3. The highest BCUT2D eigenvalue weighted by Crippen LogP contribution is 2.39. The quantitative estimate of drug-likeness (QED) is 0.293. The van der Waals surface area contributed by atoms with Gasteiger partial charge in [0.15, 0.2) is 5.78 Å². The Morgan fingerprint density at radius 1 is 1.05 bits per heavy atom. The van der Waals surface area contributed by atoms with Gasteiger partial charge in [-0.3, -0.25) is 9.52 Å². The van der Waals surface area contributed by atoms with Crippen LogP contribution in [-0.2, 0) is 16.4 Å². The number of nitrogens with zero attached hydrogens (tertiary/aromatic N) is 2. The van der Waals surface area contributed by atoms with Crippen molar-refractivity contribution in [3.05, 3.63) is 75.3 Å². The van der Waals surface area contributed by atoms with Crippen LogP contribution < -0.4 is 10.3 Å². The molecule has 4 aromatic rings. The molecule has 0 amide bonds. The molecule has 9 nitrogen and oxygen atoms in total. The summed E-state index contributed by atoms with van der Waals surface area (Å²) >= 11 is 0.936. The maximum Gasteiger partial charge on any atom is 0.343 e. The van der Waals surface area contributed by atoms with E-state index >= 15 is 0 Å². The highest BCUT2D eigenvalue weighted by atomic mass is 32.2. The lowest BCUT2D eigenvalue weighted by Crippen LogP contribution is -2.21. The van der Waals surface area contributed by atoms with Crippen LogP contribution >= 0.6 is 11.7 Å². The highest BCUT2D eigenvalue weighted by molar-refractivity contribution is 7.93. The molecular weight excluding hydrogens is 538 g/mol. The molecular formula is C28H29N3O6S2. The number of hydrogen-bond acceptors (Lipinski definition) is 9. The molecule has 2 N–H and O–H groups in total. The van der Waals surface area contributed by atoms with E-state index in [1.807, 2.05) is 13.8 Å². The van der Waals surface area contributed by atoms with Gasteiger partial charge in [-0.05, 0) is 55.0 Å². The number of aryl methyl sites for hydroxylation is 1. The van der Waals surface area contributed by atoms with Crippen LogP contribution in [0, 0.1) is 5.92 Å². The van der Waals surface area contributed by atoms with Crippen molar-refractivity contribution in [3.8, 4) is 5.75 Å². The minimum absolute atomic E-state index is 0.0105. The molecule has 0 fully saturated rings. The average Bonchev–Trinajstić information content (AvgIpc) is 3.35. The number of rotatable bonds is 7. The first-order valence-corrected chi connectivity index (χ1v) is 15.1. The Balaban J connectivity index is 1.57. The number of carbonyl (C=O) groups is 1. The third kappa shape index (κ3) is 5.46. The number of Topliss-reactive ketones (excluding diaryl/α,β-unsaturated/α-hetero) is 1. The van der Waals surface area contributed by atoms with Gasteiger partial charge < -0.3 is 9.52 Å². The number of aromatic hydroxyl groups is 1. The van der Waals surface area contributed by atoms with E-state index in [0.29, 0.717) is 30.3 Å². The van der Waals surface area contributed by atoms with Crippen molar-refractivity contribution in [1.82, 2.24) is 8.75 Å². The molecule has 39 heavy (non-hydrogen) atoms. The summed E-state index contributed by atoms with van der Waals surface area (Å²) in [6.45, 7) is 3.97. The van der Waals surface area contributed by atoms with Gasteiger partial charge in [-0.1, -0.05) is 38.5 Å². The summed E-state index contributed by atoms with van der Waals surface area (Å²) in [6, 6.07) is 11.5. The number of fused-ring (bicyclic) bond motifs is 2. The van der Waals surface area contributed by atoms with Gasteiger partial charge in [0.05, 0.1) is 22.9 Å². The van der Waals surface area contributed by atoms with Crippen molar-refractivity contribution in [2.45, 2.75) is 63.2 Å². The summed E-state index contributed by atoms with van der Waals surface area (Å²) in [5.41, 5.74) is 1.11. The first kappa shape index (κ1) is 27.0. The van der Waals surface area contributed by atoms with Gasteiger partial charge in [-0.2, -0.15) is 8.75 Å². The number of hydrogen-bond donors (Lipinski definition) is 2. The lowest BCUT2D eigenvalue weighted by molar-refractivity contribution is 0.0968. The lowest BCUT2D eigenvalue weighted by atomic mass is 9.83. The van der Waals surface area contributed by atoms with Gasteiger partial charge in [0.2, 0.25) is 0 Å². The van der Waals surface area contributed by atoms with Crippen molar-refractivity contribution in [2.24, 2.45) is 5.92 Å². The minimum Gasteiger partial charge on any atom is -0.506 e. The Labute approximate surface area is 230 Å². The van der Waals surface area contributed by atoms with Crippen LogP contribution in [0.4, 0.5) is 5.69 Å². The Kier molecular flexibility index (Phi) is 7.55. The predicted molar refractivity (Wildman–Crippen MR) is 149 cm³/mol. The molecule has 1 atom stereocenters. The fourth-order valence-corrected chi connectivity index (χ4v) is 6.96. The molecule has 0 saturated carbocycles. The standard InChI is InChI=1S/C28H29N3O6S2/c1-16(2)14-19(24-27(33)25-21(32)11-4-3-5-12-22(25)37-28(24)34)17-8-6-9-18(15-17)31-39(35,36)23-13-7-10-20-26(23)30-38-29-20/h6-10,13,15-16,19,31,33H,3-5,11-12,14H2,1-2H3. The minimum atomic E-state index is -4.00. The number of nitrogens with one attached hydrogen (secondary N) is 1. The molecule has 1 unspecified atom stereocenters. The SMILES string of the molecule is CC(C)CC(c1cccc(NS(=O)(=O)c2cccc3nsnc23)c1)c1c(O)c2c(oc1=O)CCCCCC2=O. The molecule has 0 aliphatic heterocycles. The summed E-state index contributed by atoms with van der Waals surface area (Å²) in [4.78, 5) is 26.2. The number of anilines is 1. The molecule has 1 aliphatic rings. The largest absolute Gasteiger partial charge is 0.506 e. The van der Waals surface area contributed by atoms with Crippen LogP contribution in [-0.4, -0.2) is 28.1 Å². The van der Waals surface area contributed by atoms with Crippen LogP contribution in [0.3, 0.4) is 0 Å². The Morgan fingerprint density at radius 2 is 1.82 bits per heavy atom. The van der Waals surface area contributed by atoms with Gasteiger partial charge in [0, 0.05) is 24.4 Å². The van der Waals surface area contributed by atoms with Crippen molar-refractivity contribution < 1.29 is 22.7 Å². The number of carbonyl (C=O) groups excluding carboxylic acids is 1. The van der Waals surface area contributed by atoms with Gasteiger partial charge in [-0.25, -0.2) is 13.2 Å². The Bertz CT molecular complexity index is 1710. The molecule has 0 radical (unpaired) electrons. The third-order valence-electron chi connectivity index (χ3n) is 6.93. The molecule has 2 aromatic heterocycles. The fraction of sp³-hybridized carbons (Fsp3) is 0.357. The third-order valence-corrected chi connectivity index (χ3v) is 8.88. The highest BCUT2D eigenvalue weighted by Gasteiger charge is 2.31. The van der Waals surface area contributed by atoms with Crippen LogP contribution in [0.15, 0.2) is 56.6 Å². The van der Waals surface area contributed by atoms with E-state index in [4.69, 9.17) is 4.42 Å². The van der Waals surface area contributed by atoms with E-state index in [1.165, 1.54) is 6.07 Å². The van der Waals surface area contributed by atoms with Crippen molar-refractivity contribution in [1.29, 1.82) is 0 Å². The Morgan fingerprint density at radius 3 is 2.62 bits per heavy atom. The van der Waals surface area contributed by atoms with Crippen LogP contribution in [0.25, 0.3) is 11.0 Å². The molecule has 204 valence electrons. The first-order chi connectivity index (χ1) is 18.7. The number of ketones is 1.